The third-order valence-electron chi connectivity index (χ3n) is 6.86. The van der Waals surface area contributed by atoms with Crippen LogP contribution in [0.5, 0.6) is 0 Å². The van der Waals surface area contributed by atoms with E-state index in [2.05, 4.69) is 10.1 Å². The fraction of sp³-hybridized carbons (Fsp3) is 0.346. The zero-order valence-electron chi connectivity index (χ0n) is 20.8. The Morgan fingerprint density at radius 2 is 1.78 bits per heavy atom. The lowest BCUT2D eigenvalue weighted by Crippen LogP contribution is -2.78. The molecule has 3 atom stereocenters. The molecule has 0 spiro atoms. The number of hydrazine groups is 1. The van der Waals surface area contributed by atoms with Gasteiger partial charge in [-0.1, -0.05) is 36.8 Å². The molecule has 0 unspecified atom stereocenters. The molecule has 2 saturated heterocycles. The van der Waals surface area contributed by atoms with E-state index < -0.39 is 24.0 Å². The van der Waals surface area contributed by atoms with Gasteiger partial charge in [0.15, 0.2) is 0 Å². The van der Waals surface area contributed by atoms with Gasteiger partial charge in [-0.2, -0.15) is 5.10 Å². The van der Waals surface area contributed by atoms with Gasteiger partial charge >= 0.3 is 6.03 Å². The Bertz CT molecular complexity index is 1330. The van der Waals surface area contributed by atoms with Gasteiger partial charge in [0.25, 0.3) is 5.91 Å². The lowest BCUT2D eigenvalue weighted by molar-refractivity contribution is -0.162. The molecule has 0 aliphatic carbocycles. The normalized spacial score (nSPS) is 20.4. The summed E-state index contributed by atoms with van der Waals surface area (Å²) in [6.45, 7) is 5.76. The molecule has 0 bridgehead atoms. The van der Waals surface area contributed by atoms with Gasteiger partial charge in [-0.3, -0.25) is 14.3 Å². The Hall–Kier alpha value is -4.21. The van der Waals surface area contributed by atoms with Crippen LogP contribution in [0.3, 0.4) is 0 Å². The average molecular weight is 488 g/mol. The van der Waals surface area contributed by atoms with Crippen LogP contribution in [-0.2, 0) is 23.1 Å². The van der Waals surface area contributed by atoms with E-state index >= 15 is 0 Å². The molecule has 4 heterocycles. The molecule has 2 aliphatic heterocycles. The van der Waals surface area contributed by atoms with E-state index in [0.717, 1.165) is 27.3 Å². The van der Waals surface area contributed by atoms with Crippen LogP contribution >= 0.6 is 0 Å². The molecule has 3 aromatic rings. The standard InChI is InChI=1S/C26H29N7O3/c1-5-21(18-8-6-15(2)7-9-18)33-26(36)31-23(25(35)32(33)19-13-28-30(4)14-19)20(24(31)34)11-17-10-16(3)29-22(27)12-17/h6-10,12-14,20-21,23H,5,11H2,1-4H3,(H2,27,29)/t20-,21-,23+/m1/s1. The number of hydrogen-bond donors (Lipinski definition) is 1. The van der Waals surface area contributed by atoms with Crippen molar-refractivity contribution in [1.29, 1.82) is 0 Å². The number of urea groups is 1. The van der Waals surface area contributed by atoms with E-state index in [0.29, 0.717) is 24.3 Å². The summed E-state index contributed by atoms with van der Waals surface area (Å²) in [5, 5.41) is 7.03. The van der Waals surface area contributed by atoms with Crippen LogP contribution in [0.1, 0.15) is 41.8 Å². The van der Waals surface area contributed by atoms with Crippen LogP contribution in [0.15, 0.2) is 48.8 Å². The van der Waals surface area contributed by atoms with Crippen molar-refractivity contribution >= 4 is 29.4 Å². The summed E-state index contributed by atoms with van der Waals surface area (Å²) < 4.78 is 1.58. The number of β-lactam (4-membered cyclic amide) rings is 1. The number of nitrogens with zero attached hydrogens (tertiary/aromatic N) is 6. The zero-order valence-corrected chi connectivity index (χ0v) is 20.8. The SMILES string of the molecule is CC[C@H](c1ccc(C)cc1)N1C(=O)N2C(=O)[C@H](Cc3cc(C)nc(N)c3)[C@H]2C(=O)N1c1cnn(C)c1. The largest absolute Gasteiger partial charge is 0.384 e. The van der Waals surface area contributed by atoms with E-state index in [1.807, 2.05) is 51.1 Å². The second-order valence-electron chi connectivity index (χ2n) is 9.49. The van der Waals surface area contributed by atoms with Gasteiger partial charge in [0.1, 0.15) is 17.5 Å². The van der Waals surface area contributed by atoms with Gasteiger partial charge in [0.05, 0.1) is 24.4 Å². The number of fused-ring (bicyclic) bond motifs is 1. The summed E-state index contributed by atoms with van der Waals surface area (Å²) in [5.74, 6) is -1.01. The monoisotopic (exact) mass is 487 g/mol. The minimum Gasteiger partial charge on any atom is -0.384 e. The number of aromatic nitrogens is 3. The highest BCUT2D eigenvalue weighted by Crippen LogP contribution is 2.41. The highest BCUT2D eigenvalue weighted by atomic mass is 16.2. The number of nitrogen functional groups attached to an aromatic ring is 1. The number of benzene rings is 1. The van der Waals surface area contributed by atoms with E-state index in [-0.39, 0.29) is 11.8 Å². The summed E-state index contributed by atoms with van der Waals surface area (Å²) >= 11 is 0. The molecular formula is C26H29N7O3. The number of aryl methyl sites for hydroxylation is 3. The van der Waals surface area contributed by atoms with Gasteiger partial charge in [-0.25, -0.2) is 24.7 Å². The average Bonchev–Trinajstić information content (AvgIpc) is 3.25. The summed E-state index contributed by atoms with van der Waals surface area (Å²) in [4.78, 5) is 46.4. The fourth-order valence-electron chi connectivity index (χ4n) is 5.19. The molecule has 2 fully saturated rings. The number of amides is 4. The Balaban J connectivity index is 1.54. The Kier molecular flexibility index (Phi) is 5.74. The van der Waals surface area contributed by atoms with Crippen LogP contribution in [0, 0.1) is 19.8 Å². The molecular weight excluding hydrogens is 458 g/mol. The van der Waals surface area contributed by atoms with Crippen LogP contribution < -0.4 is 10.7 Å². The van der Waals surface area contributed by atoms with Gasteiger partial charge in [-0.15, -0.1) is 0 Å². The number of anilines is 2. The zero-order chi connectivity index (χ0) is 25.7. The number of rotatable bonds is 6. The number of hydrogen-bond acceptors (Lipinski definition) is 6. The number of imide groups is 1. The van der Waals surface area contributed by atoms with Crippen molar-refractivity contribution < 1.29 is 14.4 Å². The molecule has 2 aliphatic rings. The third-order valence-corrected chi connectivity index (χ3v) is 6.86. The second kappa shape index (κ2) is 8.78. The second-order valence-corrected chi connectivity index (χ2v) is 9.49. The minimum atomic E-state index is -0.897. The van der Waals surface area contributed by atoms with Crippen molar-refractivity contribution in [3.8, 4) is 0 Å². The summed E-state index contributed by atoms with van der Waals surface area (Å²) in [7, 11) is 1.75. The first kappa shape index (κ1) is 23.5. The Morgan fingerprint density at radius 3 is 2.39 bits per heavy atom. The Labute approximate surface area is 209 Å². The molecule has 36 heavy (non-hydrogen) atoms. The molecule has 0 radical (unpaired) electrons. The van der Waals surface area contributed by atoms with Crippen molar-refractivity contribution in [1.82, 2.24) is 24.7 Å². The number of pyridine rings is 1. The smallest absolute Gasteiger partial charge is 0.347 e. The van der Waals surface area contributed by atoms with E-state index in [1.54, 1.807) is 30.2 Å². The van der Waals surface area contributed by atoms with Gasteiger partial charge < -0.3 is 5.73 Å². The first-order chi connectivity index (χ1) is 17.2. The first-order valence-electron chi connectivity index (χ1n) is 12.0. The molecule has 4 amide bonds. The van der Waals surface area contributed by atoms with Crippen molar-refractivity contribution in [2.24, 2.45) is 13.0 Å². The van der Waals surface area contributed by atoms with Gasteiger partial charge in [-0.05, 0) is 49.9 Å². The summed E-state index contributed by atoms with van der Waals surface area (Å²) in [6.07, 6.45) is 4.09. The van der Waals surface area contributed by atoms with Crippen LogP contribution in [0.25, 0.3) is 0 Å². The number of nitrogens with two attached hydrogens (primary N) is 1. The van der Waals surface area contributed by atoms with Crippen molar-refractivity contribution in [2.75, 3.05) is 10.7 Å². The van der Waals surface area contributed by atoms with E-state index in [9.17, 15) is 14.4 Å². The van der Waals surface area contributed by atoms with Crippen molar-refractivity contribution in [3.63, 3.8) is 0 Å². The molecule has 2 aromatic heterocycles. The molecule has 2 N–H and O–H groups in total. The highest BCUT2D eigenvalue weighted by Gasteiger charge is 2.62. The maximum absolute atomic E-state index is 14.0. The first-order valence-corrected chi connectivity index (χ1v) is 12.0. The molecule has 5 rings (SSSR count). The molecule has 10 heteroatoms. The van der Waals surface area contributed by atoms with Gasteiger partial charge in [0.2, 0.25) is 5.91 Å². The number of carbonyl (C=O) groups excluding carboxylic acids is 3. The molecule has 0 saturated carbocycles. The quantitative estimate of drug-likeness (QED) is 0.534. The predicted molar refractivity (Wildman–Crippen MR) is 133 cm³/mol. The third kappa shape index (κ3) is 3.78. The maximum Gasteiger partial charge on any atom is 0.347 e. The van der Waals surface area contributed by atoms with E-state index in [4.69, 9.17) is 5.73 Å². The predicted octanol–water partition coefficient (Wildman–Crippen LogP) is 2.92. The lowest BCUT2D eigenvalue weighted by Gasteiger charge is -2.55. The minimum absolute atomic E-state index is 0.294. The van der Waals surface area contributed by atoms with Crippen molar-refractivity contribution in [3.05, 3.63) is 71.2 Å². The van der Waals surface area contributed by atoms with Crippen LogP contribution in [0.2, 0.25) is 0 Å². The maximum atomic E-state index is 14.0. The van der Waals surface area contributed by atoms with Gasteiger partial charge in [0, 0.05) is 12.7 Å². The molecule has 186 valence electrons. The summed E-state index contributed by atoms with van der Waals surface area (Å²) in [6, 6.07) is 9.53. The Morgan fingerprint density at radius 1 is 1.06 bits per heavy atom. The van der Waals surface area contributed by atoms with Crippen molar-refractivity contribution in [2.45, 2.75) is 45.7 Å². The fourth-order valence-corrected chi connectivity index (χ4v) is 5.19. The molecule has 1 aromatic carbocycles. The topological polar surface area (TPSA) is 118 Å². The number of carbonyl (C=O) groups is 3. The lowest BCUT2D eigenvalue weighted by atomic mass is 9.81. The molecule has 10 nitrogen and oxygen atoms in total. The highest BCUT2D eigenvalue weighted by molar-refractivity contribution is 6.16. The summed E-state index contributed by atoms with van der Waals surface area (Å²) in [5.41, 5.74) is 9.87. The van der Waals surface area contributed by atoms with Crippen LogP contribution in [0.4, 0.5) is 16.3 Å². The van der Waals surface area contributed by atoms with E-state index in [1.165, 1.54) is 10.0 Å². The van der Waals surface area contributed by atoms with Crippen LogP contribution in [-0.4, -0.2) is 48.6 Å².